The number of hydrogen-bond donors (Lipinski definition) is 1. The molecule has 106 valence electrons. The number of rotatable bonds is 5. The first-order valence-electron chi connectivity index (χ1n) is 7.26. The monoisotopic (exact) mass is 266 g/mol. The predicted octanol–water partition coefficient (Wildman–Crippen LogP) is 3.06. The summed E-state index contributed by atoms with van der Waals surface area (Å²) in [6.07, 6.45) is 5.76. The molecular formula is C14H23FN4. The molecule has 1 aliphatic rings. The summed E-state index contributed by atoms with van der Waals surface area (Å²) < 4.78 is 13.9. The highest BCUT2D eigenvalue weighted by molar-refractivity contribution is 5.44. The minimum absolute atomic E-state index is 0.321. The Balaban J connectivity index is 2.13. The van der Waals surface area contributed by atoms with E-state index in [2.05, 4.69) is 34.0 Å². The molecule has 0 bridgehead atoms. The highest BCUT2D eigenvalue weighted by atomic mass is 19.1. The number of nitrogens with one attached hydrogen (secondary N) is 1. The van der Waals surface area contributed by atoms with Gasteiger partial charge in [0, 0.05) is 19.6 Å². The third-order valence-corrected chi connectivity index (χ3v) is 3.65. The number of aromatic nitrogens is 2. The molecule has 0 aliphatic carbocycles. The fourth-order valence-electron chi connectivity index (χ4n) is 2.49. The van der Waals surface area contributed by atoms with E-state index < -0.39 is 0 Å². The zero-order chi connectivity index (χ0) is 13.7. The molecule has 2 rings (SSSR count). The fourth-order valence-corrected chi connectivity index (χ4v) is 2.49. The SMILES string of the molecule is CCCNc1ncc(F)c(N2CCCC(CC)C2)n1. The van der Waals surface area contributed by atoms with Crippen LogP contribution in [0.2, 0.25) is 0 Å². The van der Waals surface area contributed by atoms with E-state index in [4.69, 9.17) is 0 Å². The van der Waals surface area contributed by atoms with E-state index in [1.165, 1.54) is 12.6 Å². The van der Waals surface area contributed by atoms with Crippen molar-refractivity contribution in [2.75, 3.05) is 29.9 Å². The summed E-state index contributed by atoms with van der Waals surface area (Å²) in [4.78, 5) is 10.4. The fraction of sp³-hybridized carbons (Fsp3) is 0.714. The molecule has 19 heavy (non-hydrogen) atoms. The van der Waals surface area contributed by atoms with Crippen LogP contribution in [-0.2, 0) is 0 Å². The average molecular weight is 266 g/mol. The molecule has 1 N–H and O–H groups in total. The molecule has 1 aromatic heterocycles. The Morgan fingerprint density at radius 3 is 3.05 bits per heavy atom. The third kappa shape index (κ3) is 3.55. The standard InChI is InChI=1S/C14H23FN4/c1-3-7-16-14-17-9-12(15)13(18-14)19-8-5-6-11(4-2)10-19/h9,11H,3-8,10H2,1-2H3,(H,16,17,18). The lowest BCUT2D eigenvalue weighted by Gasteiger charge is -2.33. The maximum atomic E-state index is 13.9. The van der Waals surface area contributed by atoms with Crippen LogP contribution < -0.4 is 10.2 Å². The van der Waals surface area contributed by atoms with Gasteiger partial charge in [0.2, 0.25) is 5.95 Å². The second-order valence-corrected chi connectivity index (χ2v) is 5.15. The van der Waals surface area contributed by atoms with Gasteiger partial charge in [-0.05, 0) is 25.2 Å². The van der Waals surface area contributed by atoms with Crippen molar-refractivity contribution in [2.45, 2.75) is 39.5 Å². The van der Waals surface area contributed by atoms with Crippen molar-refractivity contribution in [3.63, 3.8) is 0 Å². The quantitative estimate of drug-likeness (QED) is 0.889. The summed E-state index contributed by atoms with van der Waals surface area (Å²) in [5.41, 5.74) is 0. The molecule has 0 saturated carbocycles. The van der Waals surface area contributed by atoms with Crippen molar-refractivity contribution in [2.24, 2.45) is 5.92 Å². The first kappa shape index (κ1) is 14.0. The Hall–Kier alpha value is -1.39. The summed E-state index contributed by atoms with van der Waals surface area (Å²) in [5.74, 6) is 1.30. The Morgan fingerprint density at radius 1 is 1.47 bits per heavy atom. The average Bonchev–Trinajstić information content (AvgIpc) is 2.46. The number of anilines is 2. The van der Waals surface area contributed by atoms with Gasteiger partial charge in [0.15, 0.2) is 11.6 Å². The molecule has 1 atom stereocenters. The van der Waals surface area contributed by atoms with Crippen molar-refractivity contribution >= 4 is 11.8 Å². The Bertz CT molecular complexity index is 410. The zero-order valence-corrected chi connectivity index (χ0v) is 11.8. The Kier molecular flexibility index (Phi) is 4.93. The van der Waals surface area contributed by atoms with E-state index in [-0.39, 0.29) is 5.82 Å². The molecular weight excluding hydrogens is 243 g/mol. The molecule has 2 heterocycles. The van der Waals surface area contributed by atoms with Gasteiger partial charge in [0.05, 0.1) is 6.20 Å². The molecule has 1 saturated heterocycles. The number of halogens is 1. The van der Waals surface area contributed by atoms with E-state index in [0.29, 0.717) is 17.7 Å². The number of hydrogen-bond acceptors (Lipinski definition) is 4. The summed E-state index contributed by atoms with van der Waals surface area (Å²) >= 11 is 0. The summed E-state index contributed by atoms with van der Waals surface area (Å²) in [6.45, 7) is 6.87. The van der Waals surface area contributed by atoms with Crippen LogP contribution in [0.5, 0.6) is 0 Å². The van der Waals surface area contributed by atoms with Crippen molar-refractivity contribution in [3.8, 4) is 0 Å². The van der Waals surface area contributed by atoms with Crippen LogP contribution >= 0.6 is 0 Å². The van der Waals surface area contributed by atoms with Crippen molar-refractivity contribution in [1.82, 2.24) is 9.97 Å². The smallest absolute Gasteiger partial charge is 0.224 e. The normalized spacial score (nSPS) is 19.5. The van der Waals surface area contributed by atoms with Gasteiger partial charge in [0.25, 0.3) is 0 Å². The second kappa shape index (κ2) is 6.68. The van der Waals surface area contributed by atoms with Crippen molar-refractivity contribution < 1.29 is 4.39 Å². The van der Waals surface area contributed by atoms with Crippen molar-refractivity contribution in [1.29, 1.82) is 0 Å². The highest BCUT2D eigenvalue weighted by Crippen LogP contribution is 2.25. The minimum Gasteiger partial charge on any atom is -0.354 e. The van der Waals surface area contributed by atoms with Crippen LogP contribution in [0.4, 0.5) is 16.2 Å². The van der Waals surface area contributed by atoms with Crippen LogP contribution in [0.25, 0.3) is 0 Å². The maximum absolute atomic E-state index is 13.9. The zero-order valence-electron chi connectivity index (χ0n) is 11.8. The van der Waals surface area contributed by atoms with Gasteiger partial charge < -0.3 is 10.2 Å². The molecule has 1 unspecified atom stereocenters. The van der Waals surface area contributed by atoms with E-state index >= 15 is 0 Å². The lowest BCUT2D eigenvalue weighted by Crippen LogP contribution is -2.36. The summed E-state index contributed by atoms with van der Waals surface area (Å²) in [5, 5.41) is 3.11. The highest BCUT2D eigenvalue weighted by Gasteiger charge is 2.22. The Morgan fingerprint density at radius 2 is 2.32 bits per heavy atom. The summed E-state index contributed by atoms with van der Waals surface area (Å²) in [7, 11) is 0. The largest absolute Gasteiger partial charge is 0.354 e. The minimum atomic E-state index is -0.321. The van der Waals surface area contributed by atoms with Crippen LogP contribution in [0, 0.1) is 11.7 Å². The van der Waals surface area contributed by atoms with Crippen LogP contribution in [0.15, 0.2) is 6.20 Å². The van der Waals surface area contributed by atoms with E-state index in [1.54, 1.807) is 0 Å². The topological polar surface area (TPSA) is 41.1 Å². The number of piperidine rings is 1. The van der Waals surface area contributed by atoms with E-state index in [1.807, 2.05) is 0 Å². The van der Waals surface area contributed by atoms with Crippen LogP contribution in [0.1, 0.15) is 39.5 Å². The Labute approximate surface area is 114 Å². The maximum Gasteiger partial charge on any atom is 0.224 e. The van der Waals surface area contributed by atoms with E-state index in [9.17, 15) is 4.39 Å². The van der Waals surface area contributed by atoms with Gasteiger partial charge in [-0.3, -0.25) is 0 Å². The molecule has 0 aromatic carbocycles. The lowest BCUT2D eigenvalue weighted by molar-refractivity contribution is 0.399. The molecule has 4 nitrogen and oxygen atoms in total. The van der Waals surface area contributed by atoms with Gasteiger partial charge in [-0.1, -0.05) is 20.3 Å². The predicted molar refractivity (Wildman–Crippen MR) is 76.0 cm³/mol. The van der Waals surface area contributed by atoms with Gasteiger partial charge in [-0.25, -0.2) is 9.37 Å². The number of nitrogens with zero attached hydrogens (tertiary/aromatic N) is 3. The summed E-state index contributed by atoms with van der Waals surface area (Å²) in [6, 6.07) is 0. The first-order chi connectivity index (χ1) is 9.24. The van der Waals surface area contributed by atoms with Crippen LogP contribution in [-0.4, -0.2) is 29.6 Å². The van der Waals surface area contributed by atoms with Crippen molar-refractivity contribution in [3.05, 3.63) is 12.0 Å². The molecule has 1 aliphatic heterocycles. The molecule has 5 heteroatoms. The molecule has 0 amide bonds. The van der Waals surface area contributed by atoms with Gasteiger partial charge in [-0.2, -0.15) is 4.98 Å². The lowest BCUT2D eigenvalue weighted by atomic mass is 9.96. The van der Waals surface area contributed by atoms with Gasteiger partial charge in [-0.15, -0.1) is 0 Å². The third-order valence-electron chi connectivity index (χ3n) is 3.65. The van der Waals surface area contributed by atoms with E-state index in [0.717, 1.165) is 38.9 Å². The van der Waals surface area contributed by atoms with Crippen LogP contribution in [0.3, 0.4) is 0 Å². The van der Waals surface area contributed by atoms with Gasteiger partial charge in [0.1, 0.15) is 0 Å². The first-order valence-corrected chi connectivity index (χ1v) is 7.26. The second-order valence-electron chi connectivity index (χ2n) is 5.15. The molecule has 0 spiro atoms. The molecule has 1 fully saturated rings. The van der Waals surface area contributed by atoms with Gasteiger partial charge >= 0.3 is 0 Å². The molecule has 0 radical (unpaired) electrons. The molecule has 1 aromatic rings.